The van der Waals surface area contributed by atoms with E-state index in [0.29, 0.717) is 23.1 Å². The summed E-state index contributed by atoms with van der Waals surface area (Å²) < 4.78 is 5.73. The minimum atomic E-state index is 0.105. The second-order valence-electron chi connectivity index (χ2n) is 10.1. The van der Waals surface area contributed by atoms with Crippen LogP contribution in [-0.4, -0.2) is 55.1 Å². The normalized spacial score (nSPS) is 32.1. The zero-order chi connectivity index (χ0) is 23.9. The molecule has 4 aliphatic rings. The third kappa shape index (κ3) is 4.56. The average Bonchev–Trinajstić information content (AvgIpc) is 3.36. The van der Waals surface area contributed by atoms with Gasteiger partial charge in [0.2, 0.25) is 5.91 Å². The summed E-state index contributed by atoms with van der Waals surface area (Å²) >= 11 is 1.82. The standard InChI is InChI=1S/C25H39N5O2S/c1-13(2)30(6)25(31)16-8-9-17-22(10-16)33-24(26-5)23(17)15(4)27-20-11-18-14(3)28-29-19(18)12-21(20)32-7/h12-18,22,27-29H,5,8-11H2,1-4,6-7H3. The number of aliphatic imine (C=N–C) groups is 1. The Balaban J connectivity index is 1.49. The van der Waals surface area contributed by atoms with Gasteiger partial charge < -0.3 is 20.4 Å². The Morgan fingerprint density at radius 1 is 1.33 bits per heavy atom. The van der Waals surface area contributed by atoms with Crippen LogP contribution in [-0.2, 0) is 9.53 Å². The maximum atomic E-state index is 13.0. The van der Waals surface area contributed by atoms with E-state index in [-0.39, 0.29) is 23.9 Å². The molecular formula is C25H39N5O2S. The minimum Gasteiger partial charge on any atom is -0.495 e. The quantitative estimate of drug-likeness (QED) is 0.491. The lowest BCUT2D eigenvalue weighted by atomic mass is 9.76. The molecule has 7 nitrogen and oxygen atoms in total. The lowest BCUT2D eigenvalue weighted by Gasteiger charge is -2.36. The fraction of sp³-hybridized carbons (Fsp3) is 0.680. The molecule has 2 heterocycles. The molecule has 0 radical (unpaired) electrons. The number of allylic oxidation sites excluding steroid dienone is 2. The summed E-state index contributed by atoms with van der Waals surface area (Å²) in [6, 6.07) is 0.733. The Morgan fingerprint density at radius 3 is 2.76 bits per heavy atom. The molecule has 0 bridgehead atoms. The summed E-state index contributed by atoms with van der Waals surface area (Å²) in [6.07, 6.45) is 5.88. The number of ether oxygens (including phenoxy) is 1. The molecule has 0 spiro atoms. The van der Waals surface area contributed by atoms with Gasteiger partial charge in [-0.15, -0.1) is 11.8 Å². The molecule has 33 heavy (non-hydrogen) atoms. The van der Waals surface area contributed by atoms with E-state index in [4.69, 9.17) is 4.74 Å². The van der Waals surface area contributed by atoms with Crippen molar-refractivity contribution in [2.24, 2.45) is 22.7 Å². The van der Waals surface area contributed by atoms with Crippen molar-refractivity contribution in [1.29, 1.82) is 0 Å². The van der Waals surface area contributed by atoms with Crippen LogP contribution in [0.15, 0.2) is 38.8 Å². The molecule has 1 saturated heterocycles. The number of nitrogens with one attached hydrogen (secondary N) is 3. The monoisotopic (exact) mass is 473 g/mol. The van der Waals surface area contributed by atoms with Gasteiger partial charge in [0.1, 0.15) is 5.76 Å². The summed E-state index contributed by atoms with van der Waals surface area (Å²) in [4.78, 5) is 19.3. The van der Waals surface area contributed by atoms with Crippen LogP contribution in [0.1, 0.15) is 53.4 Å². The van der Waals surface area contributed by atoms with Crippen molar-refractivity contribution in [3.63, 3.8) is 0 Å². The highest BCUT2D eigenvalue weighted by Gasteiger charge is 2.44. The van der Waals surface area contributed by atoms with Crippen molar-refractivity contribution in [1.82, 2.24) is 21.1 Å². The molecule has 182 valence electrons. The van der Waals surface area contributed by atoms with Gasteiger partial charge in [-0.1, -0.05) is 0 Å². The van der Waals surface area contributed by atoms with E-state index in [9.17, 15) is 4.79 Å². The Bertz CT molecular complexity index is 895. The predicted octanol–water partition coefficient (Wildman–Crippen LogP) is 3.53. The topological polar surface area (TPSA) is 78.0 Å². The highest BCUT2D eigenvalue weighted by Crippen LogP contribution is 2.52. The number of nitrogens with zero attached hydrogens (tertiary/aromatic N) is 2. The van der Waals surface area contributed by atoms with Crippen LogP contribution in [0, 0.1) is 17.8 Å². The first-order valence-electron chi connectivity index (χ1n) is 12.2. The fourth-order valence-corrected chi connectivity index (χ4v) is 7.28. The van der Waals surface area contributed by atoms with E-state index >= 15 is 0 Å². The van der Waals surface area contributed by atoms with Gasteiger partial charge in [0, 0.05) is 60.5 Å². The molecule has 6 unspecified atom stereocenters. The van der Waals surface area contributed by atoms with Gasteiger partial charge in [0.15, 0.2) is 0 Å². The molecule has 2 aliphatic heterocycles. The Labute approximate surface area is 202 Å². The molecule has 0 aromatic carbocycles. The van der Waals surface area contributed by atoms with Crippen LogP contribution in [0.25, 0.3) is 0 Å². The van der Waals surface area contributed by atoms with Crippen molar-refractivity contribution in [2.75, 3.05) is 14.2 Å². The maximum absolute atomic E-state index is 13.0. The summed E-state index contributed by atoms with van der Waals surface area (Å²) in [5.74, 6) is 2.12. The predicted molar refractivity (Wildman–Crippen MR) is 135 cm³/mol. The number of carbonyl (C=O) groups is 1. The second kappa shape index (κ2) is 9.74. The van der Waals surface area contributed by atoms with Crippen LogP contribution >= 0.6 is 11.8 Å². The van der Waals surface area contributed by atoms with E-state index < -0.39 is 0 Å². The van der Waals surface area contributed by atoms with Crippen LogP contribution < -0.4 is 16.2 Å². The highest BCUT2D eigenvalue weighted by molar-refractivity contribution is 8.04. The SMILES string of the molecule is C=NC1=C(C(C)NC2=C(OC)C=C3NNC(C)C3C2)C2CCC(C(=O)N(C)C(C)C)CC2S1. The smallest absolute Gasteiger partial charge is 0.225 e. The van der Waals surface area contributed by atoms with E-state index in [0.717, 1.165) is 42.2 Å². The number of hydrogen-bond acceptors (Lipinski definition) is 7. The van der Waals surface area contributed by atoms with Gasteiger partial charge in [0.05, 0.1) is 17.8 Å². The second-order valence-corrected chi connectivity index (χ2v) is 11.3. The Morgan fingerprint density at radius 2 is 2.09 bits per heavy atom. The molecule has 2 aliphatic carbocycles. The summed E-state index contributed by atoms with van der Waals surface area (Å²) in [5, 5.41) is 5.21. The Kier molecular flexibility index (Phi) is 7.15. The van der Waals surface area contributed by atoms with Crippen LogP contribution in [0.2, 0.25) is 0 Å². The molecule has 2 fully saturated rings. The third-order valence-corrected chi connectivity index (χ3v) is 9.26. The first-order chi connectivity index (χ1) is 15.7. The molecule has 1 amide bonds. The van der Waals surface area contributed by atoms with Crippen molar-refractivity contribution >= 4 is 24.4 Å². The van der Waals surface area contributed by atoms with Gasteiger partial charge in [0.25, 0.3) is 0 Å². The van der Waals surface area contributed by atoms with Gasteiger partial charge in [-0.3, -0.25) is 9.79 Å². The molecule has 4 rings (SSSR count). The molecule has 0 aromatic heterocycles. The zero-order valence-electron chi connectivity index (χ0n) is 20.8. The van der Waals surface area contributed by atoms with E-state index in [1.165, 1.54) is 11.3 Å². The van der Waals surface area contributed by atoms with Crippen molar-refractivity contribution in [3.8, 4) is 0 Å². The number of carbonyl (C=O) groups excluding carboxylic acids is 1. The first-order valence-corrected chi connectivity index (χ1v) is 13.0. The molecule has 1 saturated carbocycles. The van der Waals surface area contributed by atoms with E-state index in [1.54, 1.807) is 7.11 Å². The zero-order valence-corrected chi connectivity index (χ0v) is 21.6. The minimum absolute atomic E-state index is 0.105. The van der Waals surface area contributed by atoms with Crippen molar-refractivity contribution in [3.05, 3.63) is 33.8 Å². The van der Waals surface area contributed by atoms with Crippen molar-refractivity contribution < 1.29 is 9.53 Å². The fourth-order valence-electron chi connectivity index (χ4n) is 5.68. The number of hydrazine groups is 1. The number of amides is 1. The van der Waals surface area contributed by atoms with Gasteiger partial charge in [-0.25, -0.2) is 5.43 Å². The lowest BCUT2D eigenvalue weighted by Crippen LogP contribution is -2.42. The molecular weight excluding hydrogens is 434 g/mol. The molecule has 3 N–H and O–H groups in total. The molecule has 0 aromatic rings. The lowest BCUT2D eigenvalue weighted by molar-refractivity contribution is -0.136. The summed E-state index contributed by atoms with van der Waals surface area (Å²) in [5.41, 5.74) is 10.3. The largest absolute Gasteiger partial charge is 0.495 e. The number of rotatable bonds is 7. The maximum Gasteiger partial charge on any atom is 0.225 e. The number of hydrogen-bond donors (Lipinski definition) is 3. The van der Waals surface area contributed by atoms with E-state index in [2.05, 4.69) is 61.6 Å². The Hall–Kier alpha value is -1.93. The number of fused-ring (bicyclic) bond motifs is 2. The van der Waals surface area contributed by atoms with Crippen LogP contribution in [0.3, 0.4) is 0 Å². The van der Waals surface area contributed by atoms with Crippen LogP contribution in [0.5, 0.6) is 0 Å². The number of thioether (sulfide) groups is 1. The average molecular weight is 474 g/mol. The van der Waals surface area contributed by atoms with E-state index in [1.807, 2.05) is 23.7 Å². The van der Waals surface area contributed by atoms with Gasteiger partial charge >= 0.3 is 0 Å². The van der Waals surface area contributed by atoms with Crippen molar-refractivity contribution in [2.45, 2.75) is 76.8 Å². The molecule has 6 atom stereocenters. The highest BCUT2D eigenvalue weighted by atomic mass is 32.2. The first kappa shape index (κ1) is 24.2. The summed E-state index contributed by atoms with van der Waals surface area (Å²) in [7, 11) is 3.66. The van der Waals surface area contributed by atoms with Gasteiger partial charge in [-0.2, -0.15) is 0 Å². The number of methoxy groups -OCH3 is 1. The summed E-state index contributed by atoms with van der Waals surface area (Å²) in [6.45, 7) is 12.5. The third-order valence-electron chi connectivity index (χ3n) is 7.85. The molecule has 8 heteroatoms. The van der Waals surface area contributed by atoms with Gasteiger partial charge in [-0.05, 0) is 65.2 Å². The van der Waals surface area contributed by atoms with Crippen LogP contribution in [0.4, 0.5) is 0 Å².